The quantitative estimate of drug-likeness (QED) is 0.284. The maximum atomic E-state index is 15.1. The van der Waals surface area contributed by atoms with Crippen LogP contribution in [0, 0.1) is 5.82 Å². The van der Waals surface area contributed by atoms with E-state index >= 15 is 4.39 Å². The Kier molecular flexibility index (Phi) is 5.96. The van der Waals surface area contributed by atoms with Crippen molar-refractivity contribution in [3.05, 3.63) is 86.7 Å². The van der Waals surface area contributed by atoms with Crippen LogP contribution >= 0.6 is 34.8 Å². The van der Waals surface area contributed by atoms with Gasteiger partial charge in [0, 0.05) is 39.8 Å². The highest BCUT2D eigenvalue weighted by atomic mass is 35.5. The number of benzene rings is 3. The molecule has 0 saturated heterocycles. The molecule has 158 valence electrons. The van der Waals surface area contributed by atoms with Crippen molar-refractivity contribution in [3.8, 4) is 11.5 Å². The van der Waals surface area contributed by atoms with Crippen molar-refractivity contribution in [3.63, 3.8) is 0 Å². The molecule has 0 unspecified atom stereocenters. The van der Waals surface area contributed by atoms with Crippen LogP contribution in [-0.2, 0) is 6.54 Å². The average molecular weight is 479 g/mol. The highest BCUT2D eigenvalue weighted by molar-refractivity contribution is 6.38. The van der Waals surface area contributed by atoms with Crippen molar-refractivity contribution in [1.29, 1.82) is 0 Å². The lowest BCUT2D eigenvalue weighted by Gasteiger charge is -2.13. The van der Waals surface area contributed by atoms with Crippen molar-refractivity contribution in [1.82, 2.24) is 10.3 Å². The molecule has 31 heavy (non-hydrogen) atoms. The van der Waals surface area contributed by atoms with Gasteiger partial charge in [0.25, 0.3) is 5.91 Å². The predicted molar refractivity (Wildman–Crippen MR) is 122 cm³/mol. The summed E-state index contributed by atoms with van der Waals surface area (Å²) in [6.07, 6.45) is 0. The highest BCUT2D eigenvalue weighted by Crippen LogP contribution is 2.35. The molecule has 0 atom stereocenters. The Labute approximate surface area is 191 Å². The van der Waals surface area contributed by atoms with E-state index in [1.165, 1.54) is 30.3 Å². The number of carbonyl (C=O) groups is 1. The number of nitrogens with one attached hydrogen (secondary N) is 2. The van der Waals surface area contributed by atoms with E-state index in [1.807, 2.05) is 18.2 Å². The molecule has 0 aliphatic rings. The van der Waals surface area contributed by atoms with Crippen LogP contribution in [0.2, 0.25) is 15.1 Å². The van der Waals surface area contributed by atoms with E-state index in [2.05, 4.69) is 10.3 Å². The molecule has 0 spiro atoms. The SMILES string of the molecule is Nc1cc(Cl)cc(Oc2c(Cl)ccc(CNC(=O)c3[nH]c4ccccc4c3Cl)c2F)c1. The Bertz CT molecular complexity index is 1290. The molecule has 4 aromatic rings. The Morgan fingerprint density at radius 3 is 2.61 bits per heavy atom. The normalized spacial score (nSPS) is 11.0. The Hall–Kier alpha value is -2.93. The van der Waals surface area contributed by atoms with E-state index in [0.29, 0.717) is 15.7 Å². The highest BCUT2D eigenvalue weighted by Gasteiger charge is 2.19. The zero-order valence-corrected chi connectivity index (χ0v) is 18.1. The van der Waals surface area contributed by atoms with Gasteiger partial charge in [-0.2, -0.15) is 0 Å². The van der Waals surface area contributed by atoms with E-state index in [9.17, 15) is 4.79 Å². The summed E-state index contributed by atoms with van der Waals surface area (Å²) in [6, 6.07) is 14.7. The van der Waals surface area contributed by atoms with Crippen LogP contribution in [0.1, 0.15) is 16.1 Å². The lowest BCUT2D eigenvalue weighted by molar-refractivity contribution is 0.0946. The first-order valence-corrected chi connectivity index (χ1v) is 10.2. The zero-order valence-electron chi connectivity index (χ0n) is 15.8. The van der Waals surface area contributed by atoms with Gasteiger partial charge in [-0.15, -0.1) is 0 Å². The molecule has 0 aliphatic carbocycles. The van der Waals surface area contributed by atoms with Crippen molar-refractivity contribution < 1.29 is 13.9 Å². The van der Waals surface area contributed by atoms with Gasteiger partial charge in [0.2, 0.25) is 0 Å². The van der Waals surface area contributed by atoms with Crippen molar-refractivity contribution in [2.24, 2.45) is 0 Å². The second-order valence-electron chi connectivity index (χ2n) is 6.71. The molecule has 4 rings (SSSR count). The fraction of sp³-hybridized carbons (Fsp3) is 0.0455. The van der Waals surface area contributed by atoms with Crippen LogP contribution in [0.25, 0.3) is 10.9 Å². The van der Waals surface area contributed by atoms with Crippen LogP contribution in [0.3, 0.4) is 0 Å². The van der Waals surface area contributed by atoms with Gasteiger partial charge in [0.05, 0.1) is 10.0 Å². The van der Waals surface area contributed by atoms with Crippen LogP contribution in [0.4, 0.5) is 10.1 Å². The van der Waals surface area contributed by atoms with E-state index < -0.39 is 11.7 Å². The molecule has 9 heteroatoms. The predicted octanol–water partition coefficient (Wildman–Crippen LogP) is 6.57. The van der Waals surface area contributed by atoms with Gasteiger partial charge in [-0.05, 0) is 24.3 Å². The summed E-state index contributed by atoms with van der Waals surface area (Å²) >= 11 is 18.4. The lowest BCUT2D eigenvalue weighted by atomic mass is 10.2. The summed E-state index contributed by atoms with van der Waals surface area (Å²) in [5.41, 5.74) is 7.20. The largest absolute Gasteiger partial charge is 0.453 e. The zero-order chi connectivity index (χ0) is 22.1. The first-order valence-electron chi connectivity index (χ1n) is 9.08. The van der Waals surface area contributed by atoms with E-state index in [0.717, 1.165) is 10.9 Å². The van der Waals surface area contributed by atoms with Gasteiger partial charge in [-0.1, -0.05) is 59.1 Å². The number of ether oxygens (including phenoxy) is 1. The van der Waals surface area contributed by atoms with Crippen LogP contribution < -0.4 is 15.8 Å². The standard InChI is InChI=1S/C22H15Cl3FN3O2/c23-12-7-13(27)9-14(8-12)31-21-16(24)6-5-11(19(21)26)10-28-22(30)20-18(25)15-3-1-2-4-17(15)29-20/h1-9,29H,10,27H2,(H,28,30). The smallest absolute Gasteiger partial charge is 0.269 e. The van der Waals surface area contributed by atoms with Crippen molar-refractivity contribution in [2.45, 2.75) is 6.54 Å². The molecule has 1 amide bonds. The Morgan fingerprint density at radius 1 is 1.10 bits per heavy atom. The minimum absolute atomic E-state index is 0.0600. The molecule has 0 fully saturated rings. The average Bonchev–Trinajstić information content (AvgIpc) is 3.06. The number of fused-ring (bicyclic) bond motifs is 1. The number of hydrogen-bond donors (Lipinski definition) is 3. The number of nitrogens with two attached hydrogens (primary N) is 1. The third-order valence-electron chi connectivity index (χ3n) is 4.55. The van der Waals surface area contributed by atoms with Crippen LogP contribution in [0.15, 0.2) is 54.6 Å². The Balaban J connectivity index is 1.55. The molecule has 0 radical (unpaired) electrons. The minimum atomic E-state index is -0.714. The van der Waals surface area contributed by atoms with Crippen molar-refractivity contribution in [2.75, 3.05) is 5.73 Å². The topological polar surface area (TPSA) is 80.1 Å². The number of carbonyl (C=O) groups excluding carboxylic acids is 1. The second-order valence-corrected chi connectivity index (χ2v) is 7.94. The molecule has 0 saturated carbocycles. The summed E-state index contributed by atoms with van der Waals surface area (Å²) in [6.45, 7) is -0.110. The number of halogens is 4. The first-order chi connectivity index (χ1) is 14.8. The minimum Gasteiger partial charge on any atom is -0.453 e. The summed E-state index contributed by atoms with van der Waals surface area (Å²) in [4.78, 5) is 15.6. The van der Waals surface area contributed by atoms with Gasteiger partial charge < -0.3 is 20.8 Å². The molecule has 0 bridgehead atoms. The molecule has 4 N–H and O–H groups in total. The third-order valence-corrected chi connectivity index (χ3v) is 5.46. The number of aromatic amines is 1. The fourth-order valence-electron chi connectivity index (χ4n) is 3.09. The number of rotatable bonds is 5. The van der Waals surface area contributed by atoms with Gasteiger partial charge in [-0.25, -0.2) is 4.39 Å². The van der Waals surface area contributed by atoms with Gasteiger partial charge >= 0.3 is 0 Å². The van der Waals surface area contributed by atoms with Gasteiger partial charge in [0.15, 0.2) is 11.6 Å². The number of H-pyrrole nitrogens is 1. The first kappa shape index (κ1) is 21.3. The number of amides is 1. The van der Waals surface area contributed by atoms with E-state index in [1.54, 1.807) is 6.07 Å². The molecule has 0 aliphatic heterocycles. The molecular weight excluding hydrogens is 464 g/mol. The summed E-state index contributed by atoms with van der Waals surface area (Å²) in [5.74, 6) is -1.15. The number of hydrogen-bond acceptors (Lipinski definition) is 3. The summed E-state index contributed by atoms with van der Waals surface area (Å²) < 4.78 is 20.6. The molecule has 1 aromatic heterocycles. The summed E-state index contributed by atoms with van der Waals surface area (Å²) in [7, 11) is 0. The monoisotopic (exact) mass is 477 g/mol. The van der Waals surface area contributed by atoms with E-state index in [-0.39, 0.29) is 34.3 Å². The maximum absolute atomic E-state index is 15.1. The number of anilines is 1. The van der Waals surface area contributed by atoms with Gasteiger partial charge in [-0.3, -0.25) is 4.79 Å². The molecule has 3 aromatic carbocycles. The number of nitrogen functional groups attached to an aromatic ring is 1. The fourth-order valence-corrected chi connectivity index (χ4v) is 3.81. The van der Waals surface area contributed by atoms with Crippen molar-refractivity contribution >= 4 is 57.3 Å². The number of para-hydroxylation sites is 1. The molecule has 1 heterocycles. The lowest BCUT2D eigenvalue weighted by Crippen LogP contribution is -2.24. The van der Waals surface area contributed by atoms with Crippen LogP contribution in [0.5, 0.6) is 11.5 Å². The summed E-state index contributed by atoms with van der Waals surface area (Å²) in [5, 5.41) is 4.07. The number of aromatic nitrogens is 1. The van der Waals surface area contributed by atoms with Gasteiger partial charge in [0.1, 0.15) is 11.4 Å². The van der Waals surface area contributed by atoms with Crippen LogP contribution in [-0.4, -0.2) is 10.9 Å². The second kappa shape index (κ2) is 8.67. The molecule has 5 nitrogen and oxygen atoms in total. The third kappa shape index (κ3) is 4.42. The molecular formula is C22H15Cl3FN3O2. The maximum Gasteiger partial charge on any atom is 0.269 e. The Morgan fingerprint density at radius 2 is 1.87 bits per heavy atom. The van der Waals surface area contributed by atoms with E-state index in [4.69, 9.17) is 45.3 Å².